The molecule has 102 valence electrons. The molecule has 0 bridgehead atoms. The van der Waals surface area contributed by atoms with Crippen molar-refractivity contribution < 1.29 is 14.3 Å². The summed E-state index contributed by atoms with van der Waals surface area (Å²) in [6.45, 7) is 1.79. The van der Waals surface area contributed by atoms with Crippen LogP contribution in [-0.2, 0) is 7.05 Å². The number of anilines is 1. The van der Waals surface area contributed by atoms with Gasteiger partial charge in [0, 0.05) is 18.5 Å². The van der Waals surface area contributed by atoms with Crippen LogP contribution < -0.4 is 5.73 Å². The third-order valence-electron chi connectivity index (χ3n) is 3.29. The minimum atomic E-state index is -1.33. The maximum Gasteiger partial charge on any atom is 0.338 e. The number of fused-ring (bicyclic) bond motifs is 3. The number of nitrogens with zero attached hydrogens (tertiary/aromatic N) is 3. The Hall–Kier alpha value is -2.70. The third kappa shape index (κ3) is 1.52. The molecular weight excluding hydrogens is 263 g/mol. The van der Waals surface area contributed by atoms with Crippen LogP contribution >= 0.6 is 0 Å². The van der Waals surface area contributed by atoms with E-state index in [9.17, 15) is 9.18 Å². The zero-order valence-electron chi connectivity index (χ0n) is 10.8. The Morgan fingerprint density at radius 2 is 2.15 bits per heavy atom. The van der Waals surface area contributed by atoms with E-state index in [-0.39, 0.29) is 5.82 Å². The number of nitrogen functional groups attached to an aromatic ring is 1. The largest absolute Gasteiger partial charge is 0.478 e. The van der Waals surface area contributed by atoms with E-state index in [4.69, 9.17) is 10.8 Å². The van der Waals surface area contributed by atoms with Gasteiger partial charge >= 0.3 is 5.97 Å². The number of carboxylic acid groups (broad SMARTS) is 1. The Bertz CT molecular complexity index is 885. The second kappa shape index (κ2) is 3.89. The highest BCUT2D eigenvalue weighted by Crippen LogP contribution is 2.31. The number of halogens is 1. The van der Waals surface area contributed by atoms with Gasteiger partial charge in [-0.25, -0.2) is 14.2 Å². The molecule has 0 radical (unpaired) electrons. The first-order chi connectivity index (χ1) is 9.40. The van der Waals surface area contributed by atoms with Crippen molar-refractivity contribution in [2.24, 2.45) is 7.05 Å². The molecule has 0 aliphatic heterocycles. The summed E-state index contributed by atoms with van der Waals surface area (Å²) in [6, 6.07) is 2.35. The van der Waals surface area contributed by atoms with Gasteiger partial charge in [-0.1, -0.05) is 0 Å². The molecule has 0 amide bonds. The summed E-state index contributed by atoms with van der Waals surface area (Å²) in [4.78, 5) is 15.2. The summed E-state index contributed by atoms with van der Waals surface area (Å²) in [5.74, 6) is -1.91. The topological polar surface area (TPSA) is 94.0 Å². The van der Waals surface area contributed by atoms with E-state index < -0.39 is 17.3 Å². The van der Waals surface area contributed by atoms with Crippen molar-refractivity contribution in [1.82, 2.24) is 14.8 Å². The van der Waals surface area contributed by atoms with Gasteiger partial charge in [-0.2, -0.15) is 5.10 Å². The molecule has 0 unspecified atom stereocenters. The molecular formula is C13H11FN4O2. The Kier molecular flexibility index (Phi) is 2.40. The Morgan fingerprint density at radius 3 is 2.80 bits per heavy atom. The van der Waals surface area contributed by atoms with E-state index in [0.29, 0.717) is 27.5 Å². The molecule has 0 saturated heterocycles. The first-order valence-electron chi connectivity index (χ1n) is 5.85. The smallest absolute Gasteiger partial charge is 0.338 e. The van der Waals surface area contributed by atoms with Crippen molar-refractivity contribution >= 4 is 33.6 Å². The van der Waals surface area contributed by atoms with Gasteiger partial charge in [0.15, 0.2) is 0 Å². The van der Waals surface area contributed by atoms with Crippen molar-refractivity contribution in [2.45, 2.75) is 6.92 Å². The van der Waals surface area contributed by atoms with Crippen LogP contribution in [0.4, 0.5) is 10.2 Å². The van der Waals surface area contributed by atoms with Crippen LogP contribution in [0, 0.1) is 12.7 Å². The quantitative estimate of drug-likeness (QED) is 0.706. The number of aromatic carboxylic acids is 1. The lowest BCUT2D eigenvalue weighted by Gasteiger charge is -2.06. The molecule has 3 aromatic rings. The van der Waals surface area contributed by atoms with E-state index in [1.165, 1.54) is 6.07 Å². The summed E-state index contributed by atoms with van der Waals surface area (Å²) in [5, 5.41) is 14.4. The molecule has 2 heterocycles. The van der Waals surface area contributed by atoms with Crippen LogP contribution in [0.25, 0.3) is 21.8 Å². The number of benzene rings is 1. The van der Waals surface area contributed by atoms with Crippen molar-refractivity contribution in [3.8, 4) is 0 Å². The van der Waals surface area contributed by atoms with Gasteiger partial charge in [-0.3, -0.25) is 4.68 Å². The summed E-state index contributed by atoms with van der Waals surface area (Å²) in [5.41, 5.74) is 7.12. The molecule has 0 fully saturated rings. The molecule has 6 nitrogen and oxygen atoms in total. The predicted molar refractivity (Wildman–Crippen MR) is 72.1 cm³/mol. The fraction of sp³-hybridized carbons (Fsp3) is 0.154. The lowest BCUT2D eigenvalue weighted by atomic mass is 10.1. The summed E-state index contributed by atoms with van der Waals surface area (Å²) in [6.07, 6.45) is 0. The average molecular weight is 274 g/mol. The van der Waals surface area contributed by atoms with Gasteiger partial charge in [0.1, 0.15) is 11.6 Å². The molecule has 20 heavy (non-hydrogen) atoms. The second-order valence-corrected chi connectivity index (χ2v) is 4.58. The molecule has 3 N–H and O–H groups in total. The van der Waals surface area contributed by atoms with Crippen LogP contribution in [0.1, 0.15) is 16.1 Å². The Labute approximate surface area is 112 Å². The Morgan fingerprint density at radius 1 is 1.45 bits per heavy atom. The van der Waals surface area contributed by atoms with E-state index in [0.717, 1.165) is 6.07 Å². The van der Waals surface area contributed by atoms with E-state index in [1.54, 1.807) is 18.7 Å². The Balaban J connectivity index is 2.58. The zero-order valence-corrected chi connectivity index (χ0v) is 10.8. The van der Waals surface area contributed by atoms with Crippen LogP contribution in [0.5, 0.6) is 0 Å². The van der Waals surface area contributed by atoms with Crippen molar-refractivity contribution in [1.29, 1.82) is 0 Å². The number of hydrogen-bond donors (Lipinski definition) is 2. The summed E-state index contributed by atoms with van der Waals surface area (Å²) >= 11 is 0. The number of pyridine rings is 1. The molecule has 1 aromatic carbocycles. The number of carboxylic acids is 1. The summed E-state index contributed by atoms with van der Waals surface area (Å²) < 4.78 is 15.3. The van der Waals surface area contributed by atoms with Crippen molar-refractivity contribution in [3.05, 3.63) is 29.2 Å². The average Bonchev–Trinajstić information content (AvgIpc) is 2.64. The van der Waals surface area contributed by atoms with Gasteiger partial charge < -0.3 is 10.8 Å². The fourth-order valence-electron chi connectivity index (χ4n) is 2.47. The minimum Gasteiger partial charge on any atom is -0.478 e. The molecule has 0 aliphatic carbocycles. The molecule has 7 heteroatoms. The highest BCUT2D eigenvalue weighted by molar-refractivity contribution is 6.10. The fourth-order valence-corrected chi connectivity index (χ4v) is 2.47. The highest BCUT2D eigenvalue weighted by Gasteiger charge is 2.18. The number of rotatable bonds is 1. The molecule has 0 spiro atoms. The highest BCUT2D eigenvalue weighted by atomic mass is 19.1. The third-order valence-corrected chi connectivity index (χ3v) is 3.29. The van der Waals surface area contributed by atoms with Crippen molar-refractivity contribution in [3.63, 3.8) is 0 Å². The van der Waals surface area contributed by atoms with Gasteiger partial charge in [0.05, 0.1) is 27.7 Å². The van der Waals surface area contributed by atoms with Gasteiger partial charge in [0.2, 0.25) is 0 Å². The maximum absolute atomic E-state index is 13.7. The monoisotopic (exact) mass is 274 g/mol. The van der Waals surface area contributed by atoms with Gasteiger partial charge in [-0.05, 0) is 13.0 Å². The lowest BCUT2D eigenvalue weighted by Crippen LogP contribution is -2.02. The standard InChI is InChI=1S/C13H11FN4O2/c1-5-10-11(18(2)17-5)7-3-6(13(19)20)8(14)4-9(7)16-12(10)15/h3-4H,1-2H3,(H2,15,16)(H,19,20). The predicted octanol–water partition coefficient (Wildman–Crippen LogP) is 1.85. The SMILES string of the molecule is Cc1nn(C)c2c1c(N)nc1cc(F)c(C(=O)O)cc12. The van der Waals surface area contributed by atoms with Crippen molar-refractivity contribution in [2.75, 3.05) is 5.73 Å². The molecule has 0 atom stereocenters. The normalized spacial score (nSPS) is 11.3. The molecule has 3 rings (SSSR count). The molecule has 2 aromatic heterocycles. The lowest BCUT2D eigenvalue weighted by molar-refractivity contribution is 0.0692. The number of carbonyl (C=O) groups is 1. The minimum absolute atomic E-state index is 0.251. The molecule has 0 saturated carbocycles. The first-order valence-corrected chi connectivity index (χ1v) is 5.85. The first kappa shape index (κ1) is 12.3. The van der Waals surface area contributed by atoms with Gasteiger partial charge in [-0.15, -0.1) is 0 Å². The van der Waals surface area contributed by atoms with E-state index >= 15 is 0 Å². The molecule has 0 aliphatic rings. The van der Waals surface area contributed by atoms with E-state index in [2.05, 4.69) is 10.1 Å². The van der Waals surface area contributed by atoms with E-state index in [1.807, 2.05) is 0 Å². The van der Waals surface area contributed by atoms with Crippen LogP contribution in [0.15, 0.2) is 12.1 Å². The number of hydrogen-bond acceptors (Lipinski definition) is 4. The van der Waals surface area contributed by atoms with Gasteiger partial charge in [0.25, 0.3) is 0 Å². The number of aromatic nitrogens is 3. The van der Waals surface area contributed by atoms with Crippen LogP contribution in [0.3, 0.4) is 0 Å². The van der Waals surface area contributed by atoms with Crippen LogP contribution in [0.2, 0.25) is 0 Å². The maximum atomic E-state index is 13.7. The number of aryl methyl sites for hydroxylation is 2. The summed E-state index contributed by atoms with van der Waals surface area (Å²) in [7, 11) is 1.72. The van der Waals surface area contributed by atoms with Crippen LogP contribution in [-0.4, -0.2) is 25.8 Å². The second-order valence-electron chi connectivity index (χ2n) is 4.58. The zero-order chi connectivity index (χ0) is 14.6. The number of nitrogens with two attached hydrogens (primary N) is 1.